The molecule has 0 saturated carbocycles. The number of benzene rings is 1. The monoisotopic (exact) mass is 325 g/mol. The SMILES string of the molecule is CCOC(=O)C(C(=O)O)[C@@H](c1ccc(OC)cc1)C(C)[N+](=O)[O-]. The van der Waals surface area contributed by atoms with Crippen LogP contribution in [0.3, 0.4) is 0 Å². The number of carbonyl (C=O) groups excluding carboxylic acids is 1. The predicted molar refractivity (Wildman–Crippen MR) is 80.0 cm³/mol. The summed E-state index contributed by atoms with van der Waals surface area (Å²) in [6, 6.07) is 4.85. The maximum absolute atomic E-state index is 12.0. The molecule has 0 spiro atoms. The fraction of sp³-hybridized carbons (Fsp3) is 0.467. The van der Waals surface area contributed by atoms with E-state index >= 15 is 0 Å². The minimum atomic E-state index is -1.66. The second kappa shape index (κ2) is 8.11. The summed E-state index contributed by atoms with van der Waals surface area (Å²) >= 11 is 0. The van der Waals surface area contributed by atoms with E-state index in [1.165, 1.54) is 33.1 Å². The van der Waals surface area contributed by atoms with Gasteiger partial charge < -0.3 is 14.6 Å². The van der Waals surface area contributed by atoms with Crippen LogP contribution < -0.4 is 4.74 Å². The molecule has 3 atom stereocenters. The van der Waals surface area contributed by atoms with Crippen molar-refractivity contribution in [2.45, 2.75) is 25.8 Å². The van der Waals surface area contributed by atoms with Gasteiger partial charge in [-0.3, -0.25) is 19.7 Å². The number of nitro groups is 1. The Bertz CT molecular complexity index is 570. The van der Waals surface area contributed by atoms with Gasteiger partial charge in [0.05, 0.1) is 19.6 Å². The first kappa shape index (κ1) is 18.4. The first-order chi connectivity index (χ1) is 10.8. The van der Waals surface area contributed by atoms with E-state index in [1.807, 2.05) is 0 Å². The van der Waals surface area contributed by atoms with Crippen LogP contribution in [0.2, 0.25) is 0 Å². The number of ether oxygens (including phenoxy) is 2. The van der Waals surface area contributed by atoms with Gasteiger partial charge in [0.25, 0.3) is 0 Å². The summed E-state index contributed by atoms with van der Waals surface area (Å²) in [5.74, 6) is -4.76. The second-order valence-corrected chi connectivity index (χ2v) is 4.89. The van der Waals surface area contributed by atoms with Crippen LogP contribution in [0, 0.1) is 16.0 Å². The summed E-state index contributed by atoms with van der Waals surface area (Å²) in [5.41, 5.74) is 0.357. The summed E-state index contributed by atoms with van der Waals surface area (Å²) < 4.78 is 9.78. The second-order valence-electron chi connectivity index (χ2n) is 4.89. The lowest BCUT2D eigenvalue weighted by Crippen LogP contribution is -2.39. The van der Waals surface area contributed by atoms with E-state index in [2.05, 4.69) is 0 Å². The highest BCUT2D eigenvalue weighted by Gasteiger charge is 2.44. The van der Waals surface area contributed by atoms with E-state index < -0.39 is 34.7 Å². The number of aliphatic carboxylic acids is 1. The zero-order valence-electron chi connectivity index (χ0n) is 13.1. The van der Waals surface area contributed by atoms with Gasteiger partial charge in [-0.25, -0.2) is 0 Å². The van der Waals surface area contributed by atoms with Crippen molar-refractivity contribution in [1.29, 1.82) is 0 Å². The molecule has 8 heteroatoms. The smallest absolute Gasteiger partial charge is 0.321 e. The molecular weight excluding hydrogens is 306 g/mol. The molecule has 0 aliphatic heterocycles. The molecular formula is C15H19NO7. The lowest BCUT2D eigenvalue weighted by atomic mass is 9.81. The number of rotatable bonds is 8. The standard InChI is InChI=1S/C15H19NO7/c1-4-23-15(19)13(14(17)18)12(9(2)16(20)21)10-5-7-11(22-3)8-6-10/h5-9,12-13H,4H2,1-3H3,(H,17,18)/t9?,12-,13?/m1/s1. The molecule has 0 amide bonds. The van der Waals surface area contributed by atoms with Crippen molar-refractivity contribution in [3.8, 4) is 5.75 Å². The van der Waals surface area contributed by atoms with E-state index in [1.54, 1.807) is 12.1 Å². The Kier molecular flexibility index (Phi) is 6.49. The molecule has 0 aliphatic carbocycles. The van der Waals surface area contributed by atoms with Crippen LogP contribution in [-0.2, 0) is 14.3 Å². The quantitative estimate of drug-likeness (QED) is 0.335. The third kappa shape index (κ3) is 4.41. The lowest BCUT2D eigenvalue weighted by molar-refractivity contribution is -0.523. The van der Waals surface area contributed by atoms with E-state index in [0.29, 0.717) is 11.3 Å². The largest absolute Gasteiger partial charge is 0.497 e. The summed E-state index contributed by atoms with van der Waals surface area (Å²) in [6.07, 6.45) is 0. The molecule has 1 aromatic rings. The molecule has 0 aliphatic rings. The third-order valence-electron chi connectivity index (χ3n) is 3.52. The molecule has 1 rings (SSSR count). The van der Waals surface area contributed by atoms with Crippen molar-refractivity contribution >= 4 is 11.9 Å². The highest BCUT2D eigenvalue weighted by Crippen LogP contribution is 2.32. The van der Waals surface area contributed by atoms with Crippen molar-refractivity contribution < 1.29 is 29.1 Å². The fourth-order valence-electron chi connectivity index (χ4n) is 2.34. The van der Waals surface area contributed by atoms with Crippen molar-refractivity contribution in [3.63, 3.8) is 0 Å². The summed E-state index contributed by atoms with van der Waals surface area (Å²) in [4.78, 5) is 34.1. The lowest BCUT2D eigenvalue weighted by Gasteiger charge is -2.24. The summed E-state index contributed by atoms with van der Waals surface area (Å²) in [7, 11) is 1.46. The number of carboxylic acid groups (broad SMARTS) is 1. The zero-order valence-corrected chi connectivity index (χ0v) is 13.1. The minimum Gasteiger partial charge on any atom is -0.497 e. The third-order valence-corrected chi connectivity index (χ3v) is 3.52. The molecule has 23 heavy (non-hydrogen) atoms. The van der Waals surface area contributed by atoms with E-state index in [4.69, 9.17) is 9.47 Å². The Balaban J connectivity index is 3.33. The topological polar surface area (TPSA) is 116 Å². The van der Waals surface area contributed by atoms with Gasteiger partial charge >= 0.3 is 11.9 Å². The molecule has 8 nitrogen and oxygen atoms in total. The number of esters is 1. The van der Waals surface area contributed by atoms with Crippen molar-refractivity contribution in [2.24, 2.45) is 5.92 Å². The number of carbonyl (C=O) groups is 2. The number of nitrogens with zero attached hydrogens (tertiary/aromatic N) is 1. The fourth-order valence-corrected chi connectivity index (χ4v) is 2.34. The number of hydrogen-bond donors (Lipinski definition) is 1. The zero-order chi connectivity index (χ0) is 17.6. The van der Waals surface area contributed by atoms with Crippen LogP contribution in [0.25, 0.3) is 0 Å². The Labute approximate surface area is 133 Å². The average molecular weight is 325 g/mol. The van der Waals surface area contributed by atoms with Crippen LogP contribution in [0.4, 0.5) is 0 Å². The van der Waals surface area contributed by atoms with Gasteiger partial charge in [0, 0.05) is 11.8 Å². The van der Waals surface area contributed by atoms with E-state index in [0.717, 1.165) is 0 Å². The molecule has 2 unspecified atom stereocenters. The molecule has 0 saturated heterocycles. The van der Waals surface area contributed by atoms with E-state index in [-0.39, 0.29) is 6.61 Å². The van der Waals surface area contributed by atoms with Gasteiger partial charge in [0.15, 0.2) is 5.92 Å². The number of carboxylic acids is 1. The van der Waals surface area contributed by atoms with Crippen LogP contribution in [0.5, 0.6) is 5.75 Å². The van der Waals surface area contributed by atoms with Crippen molar-refractivity contribution in [1.82, 2.24) is 0 Å². The highest BCUT2D eigenvalue weighted by atomic mass is 16.6. The Morgan fingerprint density at radius 1 is 1.30 bits per heavy atom. The van der Waals surface area contributed by atoms with Gasteiger partial charge in [-0.1, -0.05) is 12.1 Å². The molecule has 0 radical (unpaired) electrons. The molecule has 0 fully saturated rings. The van der Waals surface area contributed by atoms with Crippen molar-refractivity contribution in [3.05, 3.63) is 39.9 Å². The minimum absolute atomic E-state index is 0.00914. The van der Waals surface area contributed by atoms with Gasteiger partial charge in [-0.15, -0.1) is 0 Å². The van der Waals surface area contributed by atoms with Crippen molar-refractivity contribution in [2.75, 3.05) is 13.7 Å². The van der Waals surface area contributed by atoms with Crippen LogP contribution in [-0.4, -0.2) is 41.7 Å². The van der Waals surface area contributed by atoms with Crippen LogP contribution in [0.1, 0.15) is 25.3 Å². The van der Waals surface area contributed by atoms with E-state index in [9.17, 15) is 24.8 Å². The Morgan fingerprint density at radius 2 is 1.87 bits per heavy atom. The van der Waals surface area contributed by atoms with Gasteiger partial charge in [-0.05, 0) is 24.6 Å². The maximum atomic E-state index is 12.0. The van der Waals surface area contributed by atoms with Gasteiger partial charge in [-0.2, -0.15) is 0 Å². The van der Waals surface area contributed by atoms with Gasteiger partial charge in [0.2, 0.25) is 6.04 Å². The number of hydrogen-bond acceptors (Lipinski definition) is 6. The van der Waals surface area contributed by atoms with Crippen LogP contribution in [0.15, 0.2) is 24.3 Å². The average Bonchev–Trinajstić information content (AvgIpc) is 2.51. The first-order valence-electron chi connectivity index (χ1n) is 7.00. The molecule has 126 valence electrons. The molecule has 0 heterocycles. The summed E-state index contributed by atoms with van der Waals surface area (Å²) in [5, 5.41) is 20.6. The van der Waals surface area contributed by atoms with Crippen LogP contribution >= 0.6 is 0 Å². The molecule has 0 aromatic heterocycles. The molecule has 1 N–H and O–H groups in total. The predicted octanol–water partition coefficient (Wildman–Crippen LogP) is 1.71. The normalized spacial score (nSPS) is 14.4. The Hall–Kier alpha value is -2.64. The molecule has 1 aromatic carbocycles. The Morgan fingerprint density at radius 3 is 2.26 bits per heavy atom. The maximum Gasteiger partial charge on any atom is 0.321 e. The number of methoxy groups -OCH3 is 1. The molecule has 0 bridgehead atoms. The summed E-state index contributed by atoms with van der Waals surface area (Å²) in [6.45, 7) is 2.80. The highest BCUT2D eigenvalue weighted by molar-refractivity contribution is 5.95. The van der Waals surface area contributed by atoms with Gasteiger partial charge in [0.1, 0.15) is 5.75 Å². The first-order valence-corrected chi connectivity index (χ1v) is 7.00.